The lowest BCUT2D eigenvalue weighted by Crippen LogP contribution is -2.50. The van der Waals surface area contributed by atoms with E-state index >= 15 is 0 Å². The van der Waals surface area contributed by atoms with Crippen LogP contribution >= 0.6 is 23.2 Å². The third-order valence-electron chi connectivity index (χ3n) is 5.02. The molecule has 3 aromatic rings. The number of hydrogen-bond acceptors (Lipinski definition) is 6. The third kappa shape index (κ3) is 4.15. The fourth-order valence-electron chi connectivity index (χ4n) is 3.41. The van der Waals surface area contributed by atoms with Crippen molar-refractivity contribution in [1.82, 2.24) is 29.7 Å². The Hall–Kier alpha value is -2.91. The maximum Gasteiger partial charge on any atom is 0.293 e. The van der Waals surface area contributed by atoms with Gasteiger partial charge in [0, 0.05) is 38.7 Å². The van der Waals surface area contributed by atoms with E-state index < -0.39 is 0 Å². The number of aromatic nitrogens is 4. The van der Waals surface area contributed by atoms with Crippen molar-refractivity contribution < 1.29 is 14.1 Å². The minimum Gasteiger partial charge on any atom is -0.351 e. The first kappa shape index (κ1) is 21.3. The zero-order chi connectivity index (χ0) is 22.1. The minimum atomic E-state index is -0.306. The molecule has 3 heterocycles. The minimum absolute atomic E-state index is 0.0680. The number of carbonyl (C=O) groups is 2. The summed E-state index contributed by atoms with van der Waals surface area (Å²) in [6.45, 7) is 5.14. The predicted octanol–water partition coefficient (Wildman–Crippen LogP) is 3.03. The van der Waals surface area contributed by atoms with Crippen molar-refractivity contribution in [3.05, 3.63) is 57.4 Å². The number of amides is 2. The molecule has 1 saturated heterocycles. The van der Waals surface area contributed by atoms with E-state index in [1.165, 1.54) is 4.68 Å². The highest BCUT2D eigenvalue weighted by atomic mass is 35.5. The van der Waals surface area contributed by atoms with Crippen LogP contribution in [-0.4, -0.2) is 67.7 Å². The van der Waals surface area contributed by atoms with Gasteiger partial charge in [-0.2, -0.15) is 0 Å². The van der Waals surface area contributed by atoms with E-state index in [-0.39, 0.29) is 23.4 Å². The molecule has 11 heteroatoms. The van der Waals surface area contributed by atoms with E-state index in [1.807, 2.05) is 6.92 Å². The van der Waals surface area contributed by atoms with E-state index in [1.54, 1.807) is 41.0 Å². The monoisotopic (exact) mass is 462 g/mol. The lowest BCUT2D eigenvalue weighted by atomic mass is 10.2. The van der Waals surface area contributed by atoms with Crippen molar-refractivity contribution in [3.8, 4) is 5.69 Å². The maximum absolute atomic E-state index is 13.0. The van der Waals surface area contributed by atoms with E-state index in [2.05, 4.69) is 15.2 Å². The molecule has 0 aliphatic carbocycles. The molecule has 0 unspecified atom stereocenters. The molecule has 0 spiro atoms. The fraction of sp³-hybridized carbons (Fsp3) is 0.350. The van der Waals surface area contributed by atoms with Crippen molar-refractivity contribution in [2.24, 2.45) is 0 Å². The first-order valence-corrected chi connectivity index (χ1v) is 10.6. The van der Waals surface area contributed by atoms with Crippen LogP contribution in [-0.2, 0) is 6.42 Å². The molecule has 0 bridgehead atoms. The molecular formula is C20H20Cl2N6O3. The number of benzene rings is 1. The Morgan fingerprint density at radius 2 is 1.68 bits per heavy atom. The summed E-state index contributed by atoms with van der Waals surface area (Å²) < 4.78 is 6.56. The summed E-state index contributed by atoms with van der Waals surface area (Å²) in [5, 5.41) is 8.98. The van der Waals surface area contributed by atoms with Gasteiger partial charge in [0.25, 0.3) is 11.8 Å². The van der Waals surface area contributed by atoms with Gasteiger partial charge in [-0.15, -0.1) is 5.10 Å². The van der Waals surface area contributed by atoms with Crippen LogP contribution in [0.2, 0.25) is 10.0 Å². The Morgan fingerprint density at radius 3 is 2.23 bits per heavy atom. The fourth-order valence-corrected chi connectivity index (χ4v) is 3.97. The summed E-state index contributed by atoms with van der Waals surface area (Å²) in [5.41, 5.74) is 1.14. The number of piperazine rings is 1. The number of halogens is 2. The van der Waals surface area contributed by atoms with Gasteiger partial charge >= 0.3 is 0 Å². The molecule has 4 rings (SSSR count). The van der Waals surface area contributed by atoms with E-state index in [0.717, 1.165) is 0 Å². The van der Waals surface area contributed by atoms with Crippen LogP contribution in [0.4, 0.5) is 0 Å². The Labute approximate surface area is 188 Å². The largest absolute Gasteiger partial charge is 0.351 e. The summed E-state index contributed by atoms with van der Waals surface area (Å²) in [5.74, 6) is 0.296. The Balaban J connectivity index is 1.50. The quantitative estimate of drug-likeness (QED) is 0.590. The van der Waals surface area contributed by atoms with Gasteiger partial charge < -0.3 is 14.3 Å². The van der Waals surface area contributed by atoms with Gasteiger partial charge in [-0.25, -0.2) is 9.67 Å². The number of hydrogen-bond donors (Lipinski definition) is 0. The Bertz CT molecular complexity index is 1110. The molecule has 2 aromatic heterocycles. The standard InChI is InChI=1S/C20H20Cl2N6O3/c1-3-16-23-18(24-28(16)17-13(21)5-4-6-14(17)22)20(30)27-9-7-26(8-10-27)19(29)15-11-12(2)25-31-15/h4-6,11H,3,7-10H2,1-2H3. The summed E-state index contributed by atoms with van der Waals surface area (Å²) in [4.78, 5) is 33.2. The van der Waals surface area contributed by atoms with Gasteiger partial charge in [0.1, 0.15) is 11.5 Å². The average molecular weight is 463 g/mol. The maximum atomic E-state index is 13.0. The van der Waals surface area contributed by atoms with Crippen LogP contribution in [0.25, 0.3) is 5.69 Å². The first-order valence-electron chi connectivity index (χ1n) is 9.81. The average Bonchev–Trinajstić information content (AvgIpc) is 3.39. The van der Waals surface area contributed by atoms with Crippen LogP contribution in [0.15, 0.2) is 28.8 Å². The van der Waals surface area contributed by atoms with Crippen molar-refractivity contribution in [3.63, 3.8) is 0 Å². The number of rotatable bonds is 4. The molecule has 1 aliphatic rings. The Kier molecular flexibility index (Phi) is 5.97. The Morgan fingerprint density at radius 1 is 1.06 bits per heavy atom. The molecule has 1 aromatic carbocycles. The zero-order valence-corrected chi connectivity index (χ0v) is 18.5. The topological polar surface area (TPSA) is 97.4 Å². The van der Waals surface area contributed by atoms with Crippen molar-refractivity contribution >= 4 is 35.0 Å². The van der Waals surface area contributed by atoms with Crippen LogP contribution in [0.5, 0.6) is 0 Å². The molecule has 9 nitrogen and oxygen atoms in total. The molecule has 0 saturated carbocycles. The smallest absolute Gasteiger partial charge is 0.293 e. The van der Waals surface area contributed by atoms with E-state index in [9.17, 15) is 9.59 Å². The predicted molar refractivity (Wildman–Crippen MR) is 114 cm³/mol. The second kappa shape index (κ2) is 8.68. The van der Waals surface area contributed by atoms with Gasteiger partial charge in [0.15, 0.2) is 0 Å². The van der Waals surface area contributed by atoms with Gasteiger partial charge in [0.2, 0.25) is 11.6 Å². The lowest BCUT2D eigenvalue weighted by Gasteiger charge is -2.33. The van der Waals surface area contributed by atoms with Crippen molar-refractivity contribution in [1.29, 1.82) is 0 Å². The molecule has 31 heavy (non-hydrogen) atoms. The van der Waals surface area contributed by atoms with Crippen LogP contribution in [0.1, 0.15) is 39.6 Å². The van der Waals surface area contributed by atoms with Crippen LogP contribution < -0.4 is 0 Å². The van der Waals surface area contributed by atoms with E-state index in [4.69, 9.17) is 27.7 Å². The summed E-state index contributed by atoms with van der Waals surface area (Å²) in [6, 6.07) is 6.75. The molecule has 1 fully saturated rings. The summed E-state index contributed by atoms with van der Waals surface area (Å²) in [7, 11) is 0. The first-order chi connectivity index (χ1) is 14.9. The van der Waals surface area contributed by atoms with Crippen molar-refractivity contribution in [2.75, 3.05) is 26.2 Å². The molecular weight excluding hydrogens is 443 g/mol. The zero-order valence-electron chi connectivity index (χ0n) is 17.0. The lowest BCUT2D eigenvalue weighted by molar-refractivity contribution is 0.0507. The van der Waals surface area contributed by atoms with Crippen LogP contribution in [0, 0.1) is 6.92 Å². The number of nitrogens with zero attached hydrogens (tertiary/aromatic N) is 6. The van der Waals surface area contributed by atoms with Crippen molar-refractivity contribution in [2.45, 2.75) is 20.3 Å². The molecule has 0 N–H and O–H groups in total. The molecule has 0 radical (unpaired) electrons. The highest BCUT2D eigenvalue weighted by Gasteiger charge is 2.29. The highest BCUT2D eigenvalue weighted by molar-refractivity contribution is 6.37. The van der Waals surface area contributed by atoms with E-state index in [0.29, 0.717) is 59.9 Å². The highest BCUT2D eigenvalue weighted by Crippen LogP contribution is 2.29. The normalized spacial score (nSPS) is 14.2. The number of aryl methyl sites for hydroxylation is 2. The number of carbonyl (C=O) groups excluding carboxylic acids is 2. The third-order valence-corrected chi connectivity index (χ3v) is 5.63. The summed E-state index contributed by atoms with van der Waals surface area (Å²) in [6.07, 6.45) is 0.542. The second-order valence-corrected chi connectivity index (χ2v) is 7.92. The number of para-hydroxylation sites is 1. The van der Waals surface area contributed by atoms with Crippen LogP contribution in [0.3, 0.4) is 0 Å². The molecule has 162 valence electrons. The van der Waals surface area contributed by atoms with Gasteiger partial charge in [-0.3, -0.25) is 9.59 Å². The van der Waals surface area contributed by atoms with Gasteiger partial charge in [0.05, 0.1) is 15.7 Å². The molecule has 2 amide bonds. The molecule has 0 atom stereocenters. The second-order valence-electron chi connectivity index (χ2n) is 7.10. The molecule has 1 aliphatic heterocycles. The van der Waals surface area contributed by atoms with Gasteiger partial charge in [-0.1, -0.05) is 41.3 Å². The summed E-state index contributed by atoms with van der Waals surface area (Å²) >= 11 is 12.6. The SMILES string of the molecule is CCc1nc(C(=O)N2CCN(C(=O)c3cc(C)no3)CC2)nn1-c1c(Cl)cccc1Cl. The van der Waals surface area contributed by atoms with Gasteiger partial charge in [-0.05, 0) is 19.1 Å².